The van der Waals surface area contributed by atoms with Crippen molar-refractivity contribution in [2.24, 2.45) is 0 Å². The molecule has 2 aliphatic carbocycles. The topological polar surface area (TPSA) is 52.6 Å². The van der Waals surface area contributed by atoms with E-state index in [1.54, 1.807) is 0 Å². The smallest absolute Gasteiger partial charge is 0.323 e. The highest BCUT2D eigenvalue weighted by molar-refractivity contribution is 5.79. The van der Waals surface area contributed by atoms with Crippen molar-refractivity contribution in [3.63, 3.8) is 0 Å². The quantitative estimate of drug-likeness (QED) is 0.830. The van der Waals surface area contributed by atoms with Crippen LogP contribution in [0.4, 0.5) is 0 Å². The Hall–Kier alpha value is -0.610. The number of carboxylic acids is 1. The standard InChI is InChI=1S/C16H28N2O2/c1-12-5-3-2-4-10-18(12)14-8-9-16(11-14,15(19)20)17-13-6-7-13/h12-14,17H,2-11H2,1H3,(H,19,20). The van der Waals surface area contributed by atoms with Gasteiger partial charge in [0.2, 0.25) is 0 Å². The number of carbonyl (C=O) groups is 1. The molecule has 4 heteroatoms. The number of rotatable bonds is 4. The van der Waals surface area contributed by atoms with Crippen LogP contribution in [-0.2, 0) is 4.79 Å². The van der Waals surface area contributed by atoms with Crippen molar-refractivity contribution in [1.82, 2.24) is 10.2 Å². The molecule has 0 bridgehead atoms. The highest BCUT2D eigenvalue weighted by Gasteiger charge is 2.49. The van der Waals surface area contributed by atoms with Gasteiger partial charge < -0.3 is 5.11 Å². The molecule has 2 N–H and O–H groups in total. The molecule has 0 aromatic carbocycles. The molecule has 3 rings (SSSR count). The number of aliphatic carboxylic acids is 1. The molecule has 0 spiro atoms. The van der Waals surface area contributed by atoms with Crippen LogP contribution in [0, 0.1) is 0 Å². The molecule has 114 valence electrons. The average molecular weight is 280 g/mol. The molecule has 2 saturated carbocycles. The van der Waals surface area contributed by atoms with Crippen LogP contribution >= 0.6 is 0 Å². The molecular formula is C16H28N2O2. The van der Waals surface area contributed by atoms with Crippen LogP contribution in [0.2, 0.25) is 0 Å². The van der Waals surface area contributed by atoms with Crippen molar-refractivity contribution in [1.29, 1.82) is 0 Å². The molecule has 0 aromatic heterocycles. The molecule has 1 saturated heterocycles. The van der Waals surface area contributed by atoms with Gasteiger partial charge in [-0.1, -0.05) is 12.8 Å². The van der Waals surface area contributed by atoms with E-state index in [9.17, 15) is 9.90 Å². The van der Waals surface area contributed by atoms with E-state index in [2.05, 4.69) is 17.1 Å². The lowest BCUT2D eigenvalue weighted by Crippen LogP contribution is -2.52. The fourth-order valence-electron chi connectivity index (χ4n) is 4.15. The van der Waals surface area contributed by atoms with E-state index in [0.717, 1.165) is 38.6 Å². The third kappa shape index (κ3) is 2.86. The first kappa shape index (κ1) is 14.3. The zero-order valence-corrected chi connectivity index (χ0v) is 12.6. The van der Waals surface area contributed by atoms with Crippen molar-refractivity contribution in [2.75, 3.05) is 6.54 Å². The molecule has 0 radical (unpaired) electrons. The number of carboxylic acid groups (broad SMARTS) is 1. The van der Waals surface area contributed by atoms with E-state index < -0.39 is 11.5 Å². The number of hydrogen-bond donors (Lipinski definition) is 2. The fourth-order valence-corrected chi connectivity index (χ4v) is 4.15. The Bertz CT molecular complexity index is 369. The molecule has 1 aliphatic heterocycles. The van der Waals surface area contributed by atoms with Gasteiger partial charge in [0.15, 0.2) is 0 Å². The van der Waals surface area contributed by atoms with Crippen LogP contribution in [0.25, 0.3) is 0 Å². The van der Waals surface area contributed by atoms with E-state index in [1.807, 2.05) is 0 Å². The van der Waals surface area contributed by atoms with E-state index in [1.165, 1.54) is 25.7 Å². The molecule has 3 atom stereocenters. The number of nitrogens with one attached hydrogen (secondary N) is 1. The SMILES string of the molecule is CC1CCCCCN1C1CCC(NC2CC2)(C(=O)O)C1. The first-order chi connectivity index (χ1) is 9.61. The average Bonchev–Trinajstić information content (AvgIpc) is 3.15. The Labute approximate surface area is 121 Å². The highest BCUT2D eigenvalue weighted by atomic mass is 16.4. The van der Waals surface area contributed by atoms with Gasteiger partial charge in [-0.2, -0.15) is 0 Å². The van der Waals surface area contributed by atoms with Crippen molar-refractivity contribution >= 4 is 5.97 Å². The Morgan fingerprint density at radius 1 is 1.20 bits per heavy atom. The van der Waals surface area contributed by atoms with Gasteiger partial charge in [0.1, 0.15) is 5.54 Å². The summed E-state index contributed by atoms with van der Waals surface area (Å²) in [5, 5.41) is 13.1. The predicted molar refractivity (Wildman–Crippen MR) is 78.8 cm³/mol. The molecule has 3 fully saturated rings. The second-order valence-electron chi connectivity index (χ2n) is 7.14. The molecule has 0 aromatic rings. The normalized spacial score (nSPS) is 39.6. The van der Waals surface area contributed by atoms with Crippen LogP contribution in [-0.4, -0.2) is 46.2 Å². The summed E-state index contributed by atoms with van der Waals surface area (Å²) >= 11 is 0. The van der Waals surface area contributed by atoms with Crippen molar-refractivity contribution in [3.05, 3.63) is 0 Å². The lowest BCUT2D eigenvalue weighted by Gasteiger charge is -2.34. The minimum atomic E-state index is -0.641. The number of hydrogen-bond acceptors (Lipinski definition) is 3. The third-order valence-corrected chi connectivity index (χ3v) is 5.53. The molecule has 3 aliphatic rings. The molecule has 1 heterocycles. The summed E-state index contributed by atoms with van der Waals surface area (Å²) < 4.78 is 0. The fraction of sp³-hybridized carbons (Fsp3) is 0.938. The monoisotopic (exact) mass is 280 g/mol. The predicted octanol–water partition coefficient (Wildman–Crippen LogP) is 2.38. The van der Waals surface area contributed by atoms with E-state index in [0.29, 0.717) is 18.1 Å². The largest absolute Gasteiger partial charge is 0.480 e. The second-order valence-corrected chi connectivity index (χ2v) is 7.14. The van der Waals surface area contributed by atoms with Crippen LogP contribution < -0.4 is 5.32 Å². The van der Waals surface area contributed by atoms with Gasteiger partial charge in [-0.3, -0.25) is 15.0 Å². The highest BCUT2D eigenvalue weighted by Crippen LogP contribution is 2.38. The van der Waals surface area contributed by atoms with Gasteiger partial charge in [0.05, 0.1) is 0 Å². The lowest BCUT2D eigenvalue weighted by atomic mass is 9.96. The number of nitrogens with zero attached hydrogens (tertiary/aromatic N) is 1. The van der Waals surface area contributed by atoms with E-state index in [-0.39, 0.29) is 0 Å². The van der Waals surface area contributed by atoms with Gasteiger partial charge in [-0.05, 0) is 58.4 Å². The van der Waals surface area contributed by atoms with Gasteiger partial charge in [0, 0.05) is 18.1 Å². The van der Waals surface area contributed by atoms with Crippen molar-refractivity contribution in [2.45, 2.75) is 88.4 Å². The van der Waals surface area contributed by atoms with Crippen LogP contribution in [0.15, 0.2) is 0 Å². The Kier molecular flexibility index (Phi) is 4.04. The first-order valence-corrected chi connectivity index (χ1v) is 8.37. The molecule has 4 nitrogen and oxygen atoms in total. The summed E-state index contributed by atoms with van der Waals surface area (Å²) in [6.45, 7) is 3.48. The number of likely N-dealkylation sites (tertiary alicyclic amines) is 1. The van der Waals surface area contributed by atoms with Crippen molar-refractivity contribution < 1.29 is 9.90 Å². The zero-order chi connectivity index (χ0) is 14.2. The van der Waals surface area contributed by atoms with Crippen molar-refractivity contribution in [3.8, 4) is 0 Å². The van der Waals surface area contributed by atoms with Crippen LogP contribution in [0.1, 0.15) is 64.7 Å². The maximum absolute atomic E-state index is 11.8. The minimum Gasteiger partial charge on any atom is -0.480 e. The lowest BCUT2D eigenvalue weighted by molar-refractivity contribution is -0.145. The van der Waals surface area contributed by atoms with Gasteiger partial charge in [-0.15, -0.1) is 0 Å². The second kappa shape index (κ2) is 5.64. The van der Waals surface area contributed by atoms with Crippen LogP contribution in [0.5, 0.6) is 0 Å². The zero-order valence-electron chi connectivity index (χ0n) is 12.6. The molecular weight excluding hydrogens is 252 g/mol. The molecule has 0 amide bonds. The minimum absolute atomic E-state index is 0.463. The van der Waals surface area contributed by atoms with Gasteiger partial charge >= 0.3 is 5.97 Å². The Balaban J connectivity index is 1.68. The molecule has 20 heavy (non-hydrogen) atoms. The maximum atomic E-state index is 11.8. The first-order valence-electron chi connectivity index (χ1n) is 8.37. The van der Waals surface area contributed by atoms with Gasteiger partial charge in [-0.25, -0.2) is 0 Å². The van der Waals surface area contributed by atoms with E-state index in [4.69, 9.17) is 0 Å². The summed E-state index contributed by atoms with van der Waals surface area (Å²) in [5.41, 5.74) is -0.641. The maximum Gasteiger partial charge on any atom is 0.323 e. The van der Waals surface area contributed by atoms with E-state index >= 15 is 0 Å². The summed E-state index contributed by atoms with van der Waals surface area (Å²) in [5.74, 6) is -0.630. The third-order valence-electron chi connectivity index (χ3n) is 5.53. The summed E-state index contributed by atoms with van der Waals surface area (Å²) in [6.07, 6.45) is 10.1. The summed E-state index contributed by atoms with van der Waals surface area (Å²) in [6, 6.07) is 1.55. The van der Waals surface area contributed by atoms with Crippen LogP contribution in [0.3, 0.4) is 0 Å². The summed E-state index contributed by atoms with van der Waals surface area (Å²) in [7, 11) is 0. The Morgan fingerprint density at radius 3 is 2.70 bits per heavy atom. The molecule has 3 unspecified atom stereocenters. The summed E-state index contributed by atoms with van der Waals surface area (Å²) in [4.78, 5) is 14.4. The Morgan fingerprint density at radius 2 is 2.00 bits per heavy atom. The van der Waals surface area contributed by atoms with Gasteiger partial charge in [0.25, 0.3) is 0 Å².